The van der Waals surface area contributed by atoms with Crippen molar-refractivity contribution in [3.63, 3.8) is 0 Å². The molecule has 0 fully saturated rings. The van der Waals surface area contributed by atoms with E-state index in [0.717, 1.165) is 0 Å². The number of ether oxygens (including phenoxy) is 1. The number of methoxy groups -OCH3 is 1. The number of hydrogen-bond acceptors (Lipinski definition) is 3. The molecule has 1 unspecified atom stereocenters. The lowest BCUT2D eigenvalue weighted by atomic mass is 9.94. The molecule has 108 valence electrons. The van der Waals surface area contributed by atoms with Crippen molar-refractivity contribution in [3.8, 4) is 0 Å². The fourth-order valence-corrected chi connectivity index (χ4v) is 1.90. The molecule has 0 amide bonds. The number of nitrogens with two attached hydrogens (primary N) is 1. The highest BCUT2D eigenvalue weighted by Crippen LogP contribution is 2.28. The third-order valence-corrected chi connectivity index (χ3v) is 3.46. The third-order valence-electron chi connectivity index (χ3n) is 3.46. The first-order valence-electron chi connectivity index (χ1n) is 6.28. The van der Waals surface area contributed by atoms with Crippen molar-refractivity contribution in [2.24, 2.45) is 5.84 Å². The van der Waals surface area contributed by atoms with Gasteiger partial charge in [0.2, 0.25) is 0 Å². The number of nitrogens with one attached hydrogen (secondary N) is 1. The maximum absolute atomic E-state index is 14.0. The molecule has 19 heavy (non-hydrogen) atoms. The number of hydrogen-bond donors (Lipinski definition) is 2. The van der Waals surface area contributed by atoms with Gasteiger partial charge in [0.15, 0.2) is 0 Å². The van der Waals surface area contributed by atoms with Crippen molar-refractivity contribution in [1.29, 1.82) is 0 Å². The van der Waals surface area contributed by atoms with Crippen LogP contribution in [0.2, 0.25) is 0 Å². The summed E-state index contributed by atoms with van der Waals surface area (Å²) in [4.78, 5) is 0. The Labute approximate surface area is 113 Å². The van der Waals surface area contributed by atoms with Gasteiger partial charge in [-0.3, -0.25) is 11.3 Å². The van der Waals surface area contributed by atoms with Crippen molar-refractivity contribution in [2.75, 3.05) is 7.11 Å². The van der Waals surface area contributed by atoms with Crippen LogP contribution in [-0.4, -0.2) is 12.7 Å². The van der Waals surface area contributed by atoms with Crippen LogP contribution in [0, 0.1) is 18.6 Å². The summed E-state index contributed by atoms with van der Waals surface area (Å²) in [6, 6.07) is 2.11. The predicted molar refractivity (Wildman–Crippen MR) is 71.5 cm³/mol. The van der Waals surface area contributed by atoms with E-state index in [2.05, 4.69) is 5.43 Å². The summed E-state index contributed by atoms with van der Waals surface area (Å²) in [5.74, 6) is 4.31. The number of aryl methyl sites for hydroxylation is 1. The first-order chi connectivity index (χ1) is 8.82. The molecule has 1 rings (SSSR count). The summed E-state index contributed by atoms with van der Waals surface area (Å²) in [5.41, 5.74) is 2.53. The van der Waals surface area contributed by atoms with Crippen molar-refractivity contribution in [2.45, 2.75) is 45.3 Å². The number of benzene rings is 1. The molecule has 0 aliphatic carbocycles. The molecule has 0 heterocycles. The average molecular weight is 272 g/mol. The van der Waals surface area contributed by atoms with E-state index in [4.69, 9.17) is 10.6 Å². The molecule has 1 aromatic rings. The Balaban J connectivity index is 2.95. The molecule has 5 heteroatoms. The molecule has 0 spiro atoms. The topological polar surface area (TPSA) is 47.3 Å². The highest BCUT2D eigenvalue weighted by Gasteiger charge is 2.24. The van der Waals surface area contributed by atoms with Crippen LogP contribution in [0.25, 0.3) is 0 Å². The lowest BCUT2D eigenvalue weighted by Crippen LogP contribution is -2.32. The zero-order valence-electron chi connectivity index (χ0n) is 11.9. The molecular formula is C14H22F2N2O. The Kier molecular flexibility index (Phi) is 5.40. The van der Waals surface area contributed by atoms with Crippen molar-refractivity contribution in [1.82, 2.24) is 5.43 Å². The van der Waals surface area contributed by atoms with Gasteiger partial charge >= 0.3 is 0 Å². The van der Waals surface area contributed by atoms with E-state index >= 15 is 0 Å². The minimum atomic E-state index is -0.582. The number of halogens is 2. The van der Waals surface area contributed by atoms with Gasteiger partial charge in [-0.15, -0.1) is 0 Å². The van der Waals surface area contributed by atoms with Gasteiger partial charge in [0.25, 0.3) is 0 Å². The summed E-state index contributed by atoms with van der Waals surface area (Å²) >= 11 is 0. The fourth-order valence-electron chi connectivity index (χ4n) is 1.90. The van der Waals surface area contributed by atoms with E-state index in [-0.39, 0.29) is 11.2 Å². The average Bonchev–Trinajstić information content (AvgIpc) is 2.38. The Hall–Kier alpha value is -1.04. The molecule has 1 atom stereocenters. The molecule has 0 aliphatic heterocycles. The van der Waals surface area contributed by atoms with Gasteiger partial charge < -0.3 is 4.74 Å². The van der Waals surface area contributed by atoms with Crippen molar-refractivity contribution in [3.05, 3.63) is 34.9 Å². The fraction of sp³-hybridized carbons (Fsp3) is 0.571. The van der Waals surface area contributed by atoms with Crippen LogP contribution in [0.1, 0.15) is 43.9 Å². The minimum absolute atomic E-state index is 0.00518. The second-order valence-corrected chi connectivity index (χ2v) is 5.31. The van der Waals surface area contributed by atoms with Crippen LogP contribution < -0.4 is 11.3 Å². The maximum atomic E-state index is 14.0. The number of hydrazine groups is 1. The molecule has 3 N–H and O–H groups in total. The standard InChI is InChI=1S/C14H22F2N2O/c1-9-5-6-10(15)12(13(9)16)11(18-17)7-8-14(2,3)19-4/h5-6,11,18H,7-8,17H2,1-4H3. The monoisotopic (exact) mass is 272 g/mol. The molecular weight excluding hydrogens is 250 g/mol. The quantitative estimate of drug-likeness (QED) is 0.618. The zero-order chi connectivity index (χ0) is 14.6. The van der Waals surface area contributed by atoms with Crippen LogP contribution in [0.4, 0.5) is 8.78 Å². The highest BCUT2D eigenvalue weighted by molar-refractivity contribution is 5.29. The van der Waals surface area contributed by atoms with E-state index in [0.29, 0.717) is 18.4 Å². The molecule has 1 aromatic carbocycles. The van der Waals surface area contributed by atoms with Gasteiger partial charge in [0.05, 0.1) is 11.6 Å². The molecule has 0 saturated carbocycles. The number of rotatable bonds is 6. The third kappa shape index (κ3) is 3.96. The predicted octanol–water partition coefficient (Wildman–Crippen LogP) is 2.98. The summed E-state index contributed by atoms with van der Waals surface area (Å²) < 4.78 is 33.1. The Morgan fingerprint density at radius 3 is 2.53 bits per heavy atom. The summed E-state index contributed by atoms with van der Waals surface area (Å²) in [6.45, 7) is 5.44. The van der Waals surface area contributed by atoms with Crippen LogP contribution in [-0.2, 0) is 4.74 Å². The molecule has 0 saturated heterocycles. The lowest BCUT2D eigenvalue weighted by Gasteiger charge is -2.26. The smallest absolute Gasteiger partial charge is 0.133 e. The largest absolute Gasteiger partial charge is 0.379 e. The molecule has 3 nitrogen and oxygen atoms in total. The van der Waals surface area contributed by atoms with Crippen LogP contribution in [0.3, 0.4) is 0 Å². The minimum Gasteiger partial charge on any atom is -0.379 e. The first-order valence-corrected chi connectivity index (χ1v) is 6.28. The van der Waals surface area contributed by atoms with Crippen LogP contribution >= 0.6 is 0 Å². The summed E-state index contributed by atoms with van der Waals surface area (Å²) in [5, 5.41) is 0. The van der Waals surface area contributed by atoms with E-state index in [1.165, 1.54) is 12.1 Å². The van der Waals surface area contributed by atoms with E-state index in [1.54, 1.807) is 14.0 Å². The summed E-state index contributed by atoms with van der Waals surface area (Å²) in [7, 11) is 1.61. The van der Waals surface area contributed by atoms with Crippen LogP contribution in [0.15, 0.2) is 12.1 Å². The second kappa shape index (κ2) is 6.41. The van der Waals surface area contributed by atoms with E-state index < -0.39 is 17.7 Å². The molecule has 0 radical (unpaired) electrons. The van der Waals surface area contributed by atoms with Gasteiger partial charge in [0, 0.05) is 12.7 Å². The maximum Gasteiger partial charge on any atom is 0.133 e. The molecule has 0 bridgehead atoms. The Bertz CT molecular complexity index is 436. The van der Waals surface area contributed by atoms with Crippen LogP contribution in [0.5, 0.6) is 0 Å². The van der Waals surface area contributed by atoms with Gasteiger partial charge in [-0.2, -0.15) is 0 Å². The van der Waals surface area contributed by atoms with Gasteiger partial charge in [-0.05, 0) is 45.2 Å². The summed E-state index contributed by atoms with van der Waals surface area (Å²) in [6.07, 6.45) is 1.11. The van der Waals surface area contributed by atoms with Crippen molar-refractivity contribution >= 4 is 0 Å². The van der Waals surface area contributed by atoms with Crippen molar-refractivity contribution < 1.29 is 13.5 Å². The van der Waals surface area contributed by atoms with Gasteiger partial charge in [-0.1, -0.05) is 6.07 Å². The highest BCUT2D eigenvalue weighted by atomic mass is 19.1. The SMILES string of the molecule is COC(C)(C)CCC(NN)c1c(F)ccc(C)c1F. The molecule has 0 aliphatic rings. The van der Waals surface area contributed by atoms with E-state index in [9.17, 15) is 8.78 Å². The van der Waals surface area contributed by atoms with Gasteiger partial charge in [-0.25, -0.2) is 8.78 Å². The zero-order valence-corrected chi connectivity index (χ0v) is 11.9. The van der Waals surface area contributed by atoms with Gasteiger partial charge in [0.1, 0.15) is 11.6 Å². The lowest BCUT2D eigenvalue weighted by molar-refractivity contribution is 0.0115. The van der Waals surface area contributed by atoms with E-state index in [1.807, 2.05) is 13.8 Å². The molecule has 0 aromatic heterocycles. The normalized spacial score (nSPS) is 13.6. The Morgan fingerprint density at radius 2 is 2.00 bits per heavy atom. The first kappa shape index (κ1) is 16.0. The Morgan fingerprint density at radius 1 is 1.37 bits per heavy atom. The second-order valence-electron chi connectivity index (χ2n) is 5.31.